The van der Waals surface area contributed by atoms with Crippen LogP contribution in [0.2, 0.25) is 0 Å². The smallest absolute Gasteiger partial charge is 0.320 e. The summed E-state index contributed by atoms with van der Waals surface area (Å²) in [4.78, 5) is 9.61. The normalized spacial score (nSPS) is 12.5. The third-order valence-corrected chi connectivity index (χ3v) is 1.58. The highest BCUT2D eigenvalue weighted by Crippen LogP contribution is 2.05. The number of methoxy groups -OCH3 is 1. The largest absolute Gasteiger partial charge is 0.324 e. The minimum Gasteiger partial charge on any atom is -0.320 e. The molecule has 4 nitrogen and oxygen atoms in total. The lowest BCUT2D eigenvalue weighted by Crippen LogP contribution is -2.23. The highest BCUT2D eigenvalue weighted by atomic mass is 32.2. The Morgan fingerprint density at radius 1 is 2.00 bits per heavy atom. The Morgan fingerprint density at radius 3 is 2.90 bits per heavy atom. The van der Waals surface area contributed by atoms with Crippen LogP contribution in [0.25, 0.3) is 0 Å². The molecule has 0 saturated heterocycles. The molecule has 0 saturated carbocycles. The maximum absolute atomic E-state index is 10.1. The highest BCUT2D eigenvalue weighted by Gasteiger charge is 2.16. The maximum Gasteiger partial charge on any atom is 0.324 e. The zero-order valence-corrected chi connectivity index (χ0v) is 6.47. The molecule has 0 amide bonds. The summed E-state index contributed by atoms with van der Waals surface area (Å²) >= 11 is 1.27. The zero-order valence-electron chi connectivity index (χ0n) is 5.65. The molecule has 0 aliphatic carbocycles. The fourth-order valence-electron chi connectivity index (χ4n) is 0.365. The van der Waals surface area contributed by atoms with Crippen LogP contribution < -0.4 is 0 Å². The van der Waals surface area contributed by atoms with Crippen molar-refractivity contribution < 1.29 is 9.66 Å². The van der Waals surface area contributed by atoms with E-state index in [4.69, 9.17) is 0 Å². The van der Waals surface area contributed by atoms with Crippen molar-refractivity contribution in [1.29, 1.82) is 0 Å². The number of ether oxygens (including phenoxy) is 1. The van der Waals surface area contributed by atoms with E-state index in [-0.39, 0.29) is 0 Å². The number of thioether (sulfide) groups is 1. The van der Waals surface area contributed by atoms with E-state index in [0.29, 0.717) is 5.75 Å². The van der Waals surface area contributed by atoms with E-state index >= 15 is 0 Å². The van der Waals surface area contributed by atoms with Gasteiger partial charge in [0.15, 0.2) is 0 Å². The number of nitro groups is 1. The molecule has 0 aromatic rings. The Hall–Kier alpha value is -0.550. The number of hydrogen-bond donors (Lipinski definition) is 0. The first-order valence-corrected chi connectivity index (χ1v) is 3.66. The Bertz CT molecular complexity index is 128. The minimum atomic E-state index is -0.914. The first-order valence-electron chi connectivity index (χ1n) is 2.61. The van der Waals surface area contributed by atoms with Gasteiger partial charge in [-0.25, -0.2) is 0 Å². The van der Waals surface area contributed by atoms with E-state index in [1.807, 2.05) is 0 Å². The Balaban J connectivity index is 3.60. The van der Waals surface area contributed by atoms with E-state index in [1.165, 1.54) is 18.9 Å². The van der Waals surface area contributed by atoms with Gasteiger partial charge in [-0.15, -0.1) is 11.8 Å². The first kappa shape index (κ1) is 9.45. The third-order valence-electron chi connectivity index (χ3n) is 0.864. The fraction of sp³-hybridized carbons (Fsp3) is 0.600. The summed E-state index contributed by atoms with van der Waals surface area (Å²) in [7, 11) is 1.32. The van der Waals surface area contributed by atoms with Crippen LogP contribution in [0.5, 0.6) is 0 Å². The lowest BCUT2D eigenvalue weighted by atomic mass is 10.7. The number of nitrogens with zero attached hydrogens (tertiary/aromatic N) is 1. The van der Waals surface area contributed by atoms with Gasteiger partial charge >= 0.3 is 6.23 Å². The molecule has 0 heterocycles. The van der Waals surface area contributed by atoms with E-state index in [2.05, 4.69) is 11.3 Å². The third kappa shape index (κ3) is 3.47. The van der Waals surface area contributed by atoms with Crippen molar-refractivity contribution in [3.05, 3.63) is 22.1 Å². The Labute approximate surface area is 63.4 Å². The van der Waals surface area contributed by atoms with Crippen LogP contribution in [-0.2, 0) is 4.74 Å². The summed E-state index contributed by atoms with van der Waals surface area (Å²) in [5.41, 5.74) is 0. The molecule has 0 N–H and O–H groups in total. The lowest BCUT2D eigenvalue weighted by Gasteiger charge is -2.03. The van der Waals surface area contributed by atoms with Gasteiger partial charge in [-0.3, -0.25) is 10.1 Å². The zero-order chi connectivity index (χ0) is 7.98. The van der Waals surface area contributed by atoms with Crippen molar-refractivity contribution in [3.8, 4) is 0 Å². The maximum atomic E-state index is 10.1. The van der Waals surface area contributed by atoms with Gasteiger partial charge < -0.3 is 4.74 Å². The van der Waals surface area contributed by atoms with Crippen molar-refractivity contribution in [2.45, 2.75) is 6.23 Å². The van der Waals surface area contributed by atoms with Crippen LogP contribution in [0.4, 0.5) is 0 Å². The van der Waals surface area contributed by atoms with Gasteiger partial charge in [0.25, 0.3) is 0 Å². The molecular weight excluding hydrogens is 154 g/mol. The predicted molar refractivity (Wildman–Crippen MR) is 40.4 cm³/mol. The van der Waals surface area contributed by atoms with Crippen LogP contribution in [-0.4, -0.2) is 24.0 Å². The van der Waals surface area contributed by atoms with Crippen molar-refractivity contribution in [3.63, 3.8) is 0 Å². The van der Waals surface area contributed by atoms with Crippen molar-refractivity contribution in [2.24, 2.45) is 0 Å². The van der Waals surface area contributed by atoms with E-state index in [0.717, 1.165) is 0 Å². The average Bonchev–Trinajstić information content (AvgIpc) is 1.89. The van der Waals surface area contributed by atoms with Crippen molar-refractivity contribution >= 4 is 11.8 Å². The Kier molecular flexibility index (Phi) is 4.96. The molecule has 0 radical (unpaired) electrons. The standard InChI is InChI=1S/C5H9NO3S/c1-3-10-4-5(9-2)6(7)8/h3,5H,1,4H2,2H3. The molecule has 0 aliphatic rings. The van der Waals surface area contributed by atoms with Crippen LogP contribution in [0.3, 0.4) is 0 Å². The summed E-state index contributed by atoms with van der Waals surface area (Å²) < 4.78 is 4.55. The fourth-order valence-corrected chi connectivity index (χ4v) is 0.924. The molecule has 0 spiro atoms. The van der Waals surface area contributed by atoms with E-state index in [1.54, 1.807) is 5.41 Å². The second-order valence-corrected chi connectivity index (χ2v) is 2.48. The molecule has 1 unspecified atom stereocenters. The van der Waals surface area contributed by atoms with Crippen LogP contribution in [0.1, 0.15) is 0 Å². The van der Waals surface area contributed by atoms with Crippen molar-refractivity contribution in [1.82, 2.24) is 0 Å². The van der Waals surface area contributed by atoms with Gasteiger partial charge in [0.1, 0.15) is 0 Å². The number of hydrogen-bond acceptors (Lipinski definition) is 4. The minimum absolute atomic E-state index is 0.312. The van der Waals surface area contributed by atoms with E-state index < -0.39 is 11.2 Å². The summed E-state index contributed by atoms with van der Waals surface area (Å²) in [5.74, 6) is 0.312. The Morgan fingerprint density at radius 2 is 2.60 bits per heavy atom. The van der Waals surface area contributed by atoms with Gasteiger partial charge in [-0.05, 0) is 5.41 Å². The molecule has 0 fully saturated rings. The summed E-state index contributed by atoms with van der Waals surface area (Å²) in [6, 6.07) is 0. The van der Waals surface area contributed by atoms with E-state index in [9.17, 15) is 10.1 Å². The number of rotatable bonds is 5. The molecular formula is C5H9NO3S. The first-order chi connectivity index (χ1) is 4.72. The van der Waals surface area contributed by atoms with Gasteiger partial charge in [0.2, 0.25) is 0 Å². The molecule has 5 heteroatoms. The molecule has 0 aromatic carbocycles. The average molecular weight is 163 g/mol. The van der Waals surface area contributed by atoms with Crippen molar-refractivity contribution in [2.75, 3.05) is 12.9 Å². The summed E-state index contributed by atoms with van der Waals surface area (Å²) in [5, 5.41) is 11.6. The SMILES string of the molecule is C=CSCC(OC)[N+](=O)[O-]. The molecule has 0 aromatic heterocycles. The molecule has 1 atom stereocenters. The van der Waals surface area contributed by atoms with Crippen LogP contribution in [0.15, 0.2) is 12.0 Å². The van der Waals surface area contributed by atoms with Gasteiger partial charge in [-0.1, -0.05) is 6.58 Å². The summed E-state index contributed by atoms with van der Waals surface area (Å²) in [6.45, 7) is 3.41. The topological polar surface area (TPSA) is 52.4 Å². The highest BCUT2D eigenvalue weighted by molar-refractivity contribution is 8.02. The van der Waals surface area contributed by atoms with Gasteiger partial charge in [0, 0.05) is 7.11 Å². The van der Waals surface area contributed by atoms with Crippen LogP contribution >= 0.6 is 11.8 Å². The second-order valence-electron chi connectivity index (χ2n) is 1.48. The van der Waals surface area contributed by atoms with Gasteiger partial charge in [0.05, 0.1) is 10.7 Å². The monoisotopic (exact) mass is 163 g/mol. The van der Waals surface area contributed by atoms with Gasteiger partial charge in [-0.2, -0.15) is 0 Å². The lowest BCUT2D eigenvalue weighted by molar-refractivity contribution is -0.566. The quantitative estimate of drug-likeness (QED) is 0.346. The van der Waals surface area contributed by atoms with Crippen LogP contribution in [0, 0.1) is 10.1 Å². The summed E-state index contributed by atoms with van der Waals surface area (Å²) in [6.07, 6.45) is -0.914. The molecule has 0 rings (SSSR count). The second kappa shape index (κ2) is 5.25. The molecule has 10 heavy (non-hydrogen) atoms. The predicted octanol–water partition coefficient (Wildman–Crippen LogP) is 1.11. The molecule has 0 bridgehead atoms. The molecule has 0 aliphatic heterocycles. The molecule has 58 valence electrons.